The maximum absolute atomic E-state index is 12.5. The number of rotatable bonds is 4. The second-order valence-electron chi connectivity index (χ2n) is 3.67. The molecule has 0 aromatic heterocycles. The smallest absolute Gasteiger partial charge is 0.416 e. The van der Waals surface area contributed by atoms with Gasteiger partial charge in [-0.25, -0.2) is 0 Å². The Hall–Kier alpha value is -0.970. The maximum atomic E-state index is 12.5. The van der Waals surface area contributed by atoms with E-state index in [1.807, 2.05) is 0 Å². The van der Waals surface area contributed by atoms with Gasteiger partial charge < -0.3 is 9.47 Å². The molecule has 0 N–H and O–H groups in total. The fourth-order valence-corrected chi connectivity index (χ4v) is 1.44. The second-order valence-corrected chi connectivity index (χ2v) is 3.67. The molecule has 5 heteroatoms. The van der Waals surface area contributed by atoms with E-state index in [0.717, 1.165) is 6.08 Å². The van der Waals surface area contributed by atoms with Crippen LogP contribution in [-0.2, 0) is 9.47 Å². The van der Waals surface area contributed by atoms with E-state index < -0.39 is 11.7 Å². The van der Waals surface area contributed by atoms with Crippen molar-refractivity contribution in [2.75, 3.05) is 13.4 Å². The van der Waals surface area contributed by atoms with Crippen molar-refractivity contribution in [2.45, 2.75) is 26.4 Å². The van der Waals surface area contributed by atoms with Gasteiger partial charge in [-0.15, -0.1) is 0 Å². The highest BCUT2D eigenvalue weighted by molar-refractivity contribution is 5.30. The number of hydrogen-bond donors (Lipinski definition) is 0. The average molecular weight is 236 g/mol. The molecular formula is C11H15F3O2. The molecule has 0 aromatic rings. The van der Waals surface area contributed by atoms with Gasteiger partial charge in [0.25, 0.3) is 0 Å². The van der Waals surface area contributed by atoms with Gasteiger partial charge in [0.1, 0.15) is 5.76 Å². The standard InChI is InChI=1S/C11H15F3O2/c1-3-15-7-16-10-5-8(2)4-9(6-10)11(12,13)14/h4,6,8H,3,5,7H2,1-2H3. The molecule has 0 amide bonds. The van der Waals surface area contributed by atoms with Crippen LogP contribution in [0, 0.1) is 5.92 Å². The van der Waals surface area contributed by atoms with E-state index in [4.69, 9.17) is 9.47 Å². The third-order valence-electron chi connectivity index (χ3n) is 2.16. The highest BCUT2D eigenvalue weighted by Gasteiger charge is 2.34. The molecular weight excluding hydrogens is 221 g/mol. The van der Waals surface area contributed by atoms with Gasteiger partial charge in [-0.05, 0) is 18.9 Å². The van der Waals surface area contributed by atoms with Crippen LogP contribution in [0.4, 0.5) is 13.2 Å². The Kier molecular flexibility index (Phi) is 4.41. The first-order valence-electron chi connectivity index (χ1n) is 5.13. The Morgan fingerprint density at radius 2 is 2.12 bits per heavy atom. The van der Waals surface area contributed by atoms with Crippen molar-refractivity contribution in [1.82, 2.24) is 0 Å². The second kappa shape index (κ2) is 5.39. The third kappa shape index (κ3) is 3.89. The summed E-state index contributed by atoms with van der Waals surface area (Å²) < 4.78 is 47.5. The fraction of sp³-hybridized carbons (Fsp3) is 0.636. The quantitative estimate of drug-likeness (QED) is 0.550. The molecule has 1 rings (SSSR count). The van der Waals surface area contributed by atoms with E-state index in [1.54, 1.807) is 13.8 Å². The van der Waals surface area contributed by atoms with E-state index in [-0.39, 0.29) is 12.7 Å². The van der Waals surface area contributed by atoms with E-state index >= 15 is 0 Å². The van der Waals surface area contributed by atoms with Crippen LogP contribution >= 0.6 is 0 Å². The lowest BCUT2D eigenvalue weighted by Crippen LogP contribution is -2.16. The van der Waals surface area contributed by atoms with Crippen LogP contribution in [0.3, 0.4) is 0 Å². The highest BCUT2D eigenvalue weighted by atomic mass is 19.4. The number of allylic oxidation sites excluding steroid dienone is 4. The first-order valence-corrected chi connectivity index (χ1v) is 5.13. The molecule has 1 unspecified atom stereocenters. The molecule has 2 nitrogen and oxygen atoms in total. The minimum atomic E-state index is -4.31. The Balaban J connectivity index is 2.65. The molecule has 0 saturated carbocycles. The van der Waals surface area contributed by atoms with Crippen LogP contribution in [0.2, 0.25) is 0 Å². The number of ether oxygens (including phenoxy) is 2. The summed E-state index contributed by atoms with van der Waals surface area (Å²) >= 11 is 0. The molecule has 16 heavy (non-hydrogen) atoms. The molecule has 0 aromatic carbocycles. The summed E-state index contributed by atoms with van der Waals surface area (Å²) in [6, 6.07) is 0. The van der Waals surface area contributed by atoms with Crippen molar-refractivity contribution in [1.29, 1.82) is 0 Å². The van der Waals surface area contributed by atoms with Gasteiger partial charge in [0.05, 0.1) is 5.57 Å². The summed E-state index contributed by atoms with van der Waals surface area (Å²) in [5.41, 5.74) is -0.641. The lowest BCUT2D eigenvalue weighted by Gasteiger charge is -2.20. The van der Waals surface area contributed by atoms with Gasteiger partial charge in [-0.3, -0.25) is 0 Å². The lowest BCUT2D eigenvalue weighted by atomic mass is 9.96. The molecule has 0 radical (unpaired) electrons. The molecule has 0 saturated heterocycles. The van der Waals surface area contributed by atoms with Gasteiger partial charge in [0, 0.05) is 13.0 Å². The zero-order valence-electron chi connectivity index (χ0n) is 9.30. The lowest BCUT2D eigenvalue weighted by molar-refractivity contribution is -0.0901. The predicted octanol–water partition coefficient (Wildman–Crippen LogP) is 3.41. The number of halogens is 3. The molecule has 1 aliphatic rings. The first-order chi connectivity index (χ1) is 7.43. The topological polar surface area (TPSA) is 18.5 Å². The highest BCUT2D eigenvalue weighted by Crippen LogP contribution is 2.33. The summed E-state index contributed by atoms with van der Waals surface area (Å²) in [5.74, 6) is 0.161. The molecule has 0 aliphatic heterocycles. The van der Waals surface area contributed by atoms with Crippen molar-refractivity contribution in [3.63, 3.8) is 0 Å². The largest absolute Gasteiger partial charge is 0.472 e. The molecule has 92 valence electrons. The van der Waals surface area contributed by atoms with E-state index in [1.165, 1.54) is 6.08 Å². The summed E-state index contributed by atoms with van der Waals surface area (Å²) in [6.07, 6.45) is -1.58. The Morgan fingerprint density at radius 3 is 2.69 bits per heavy atom. The van der Waals surface area contributed by atoms with Crippen LogP contribution in [-0.4, -0.2) is 19.6 Å². The minimum absolute atomic E-state index is 0.000189. The molecule has 0 heterocycles. The normalized spacial score (nSPS) is 21.4. The Labute approximate surface area is 92.7 Å². The number of hydrogen-bond acceptors (Lipinski definition) is 2. The van der Waals surface area contributed by atoms with Crippen LogP contribution in [0.1, 0.15) is 20.3 Å². The predicted molar refractivity (Wildman–Crippen MR) is 53.6 cm³/mol. The summed E-state index contributed by atoms with van der Waals surface area (Å²) in [4.78, 5) is 0. The van der Waals surface area contributed by atoms with Crippen molar-refractivity contribution in [3.05, 3.63) is 23.5 Å². The van der Waals surface area contributed by atoms with Crippen LogP contribution < -0.4 is 0 Å². The minimum Gasteiger partial charge on any atom is -0.472 e. The third-order valence-corrected chi connectivity index (χ3v) is 2.16. The summed E-state index contributed by atoms with van der Waals surface area (Å²) in [5, 5.41) is 0. The molecule has 0 spiro atoms. The monoisotopic (exact) mass is 236 g/mol. The van der Waals surface area contributed by atoms with Crippen LogP contribution in [0.25, 0.3) is 0 Å². The van der Waals surface area contributed by atoms with Gasteiger partial charge >= 0.3 is 6.18 Å². The van der Waals surface area contributed by atoms with Crippen LogP contribution in [0.15, 0.2) is 23.5 Å². The molecule has 0 bridgehead atoms. The summed E-state index contributed by atoms with van der Waals surface area (Å²) in [6.45, 7) is 4.00. The van der Waals surface area contributed by atoms with Gasteiger partial charge in [0.2, 0.25) is 0 Å². The van der Waals surface area contributed by atoms with Gasteiger partial charge in [-0.2, -0.15) is 13.2 Å². The van der Waals surface area contributed by atoms with Crippen molar-refractivity contribution in [2.24, 2.45) is 5.92 Å². The first kappa shape index (κ1) is 13.1. The van der Waals surface area contributed by atoms with Crippen molar-refractivity contribution < 1.29 is 22.6 Å². The molecule has 0 fully saturated rings. The van der Waals surface area contributed by atoms with Crippen LogP contribution in [0.5, 0.6) is 0 Å². The maximum Gasteiger partial charge on any atom is 0.416 e. The Bertz CT molecular complexity index is 292. The summed E-state index contributed by atoms with van der Waals surface area (Å²) in [7, 11) is 0. The molecule has 1 aliphatic carbocycles. The van der Waals surface area contributed by atoms with Gasteiger partial charge in [-0.1, -0.05) is 13.0 Å². The SMILES string of the molecule is CCOCOC1=CC(C(F)(F)F)=CC(C)C1. The fourth-order valence-electron chi connectivity index (χ4n) is 1.44. The zero-order chi connectivity index (χ0) is 12.2. The Morgan fingerprint density at radius 1 is 1.44 bits per heavy atom. The van der Waals surface area contributed by atoms with E-state index in [0.29, 0.717) is 18.8 Å². The van der Waals surface area contributed by atoms with Crippen molar-refractivity contribution >= 4 is 0 Å². The van der Waals surface area contributed by atoms with E-state index in [2.05, 4.69) is 0 Å². The van der Waals surface area contributed by atoms with Crippen molar-refractivity contribution in [3.8, 4) is 0 Å². The molecule has 1 atom stereocenters. The average Bonchev–Trinajstić information content (AvgIpc) is 2.16. The number of alkyl halides is 3. The zero-order valence-corrected chi connectivity index (χ0v) is 9.30. The van der Waals surface area contributed by atoms with Gasteiger partial charge in [0.15, 0.2) is 6.79 Å². The van der Waals surface area contributed by atoms with E-state index in [9.17, 15) is 13.2 Å².